The van der Waals surface area contributed by atoms with E-state index in [9.17, 15) is 0 Å². The zero-order valence-electron chi connectivity index (χ0n) is 14.4. The first-order chi connectivity index (χ1) is 11.1. The maximum atomic E-state index is 5.87. The maximum Gasteiger partial charge on any atom is 0.246 e. The molecule has 0 saturated heterocycles. The van der Waals surface area contributed by atoms with E-state index in [0.717, 1.165) is 5.75 Å². The molecule has 2 rings (SSSR count). The SMILES string of the molecule is CN=C(NCc1nc(C)no1)NCC(C)Oc1cccc(C)c1.I. The van der Waals surface area contributed by atoms with Crippen molar-refractivity contribution in [1.29, 1.82) is 0 Å². The van der Waals surface area contributed by atoms with Crippen LogP contribution in [0.15, 0.2) is 33.8 Å². The average Bonchev–Trinajstić information content (AvgIpc) is 2.93. The molecule has 1 aromatic carbocycles. The van der Waals surface area contributed by atoms with E-state index >= 15 is 0 Å². The standard InChI is InChI=1S/C16H23N5O2.HI/c1-11-6-5-7-14(8-11)22-12(2)9-18-16(17-4)19-10-15-20-13(3)21-23-15;/h5-8,12H,9-10H2,1-4H3,(H2,17,18,19);1H. The predicted octanol–water partition coefficient (Wildman–Crippen LogP) is 2.44. The molecule has 0 aliphatic rings. The van der Waals surface area contributed by atoms with Gasteiger partial charge in [-0.05, 0) is 38.5 Å². The third kappa shape index (κ3) is 6.73. The summed E-state index contributed by atoms with van der Waals surface area (Å²) in [5.74, 6) is 2.66. The molecule has 0 aliphatic carbocycles. The van der Waals surface area contributed by atoms with Gasteiger partial charge < -0.3 is 19.9 Å². The highest BCUT2D eigenvalue weighted by molar-refractivity contribution is 14.0. The molecule has 0 saturated carbocycles. The second-order valence-electron chi connectivity index (χ2n) is 5.29. The number of aromatic nitrogens is 2. The highest BCUT2D eigenvalue weighted by Crippen LogP contribution is 2.13. The van der Waals surface area contributed by atoms with Crippen LogP contribution in [0.3, 0.4) is 0 Å². The van der Waals surface area contributed by atoms with Crippen LogP contribution in [0.1, 0.15) is 24.2 Å². The van der Waals surface area contributed by atoms with Crippen molar-refractivity contribution in [2.24, 2.45) is 4.99 Å². The number of hydrogen-bond acceptors (Lipinski definition) is 5. The number of halogens is 1. The molecule has 1 aromatic heterocycles. The lowest BCUT2D eigenvalue weighted by Gasteiger charge is -2.17. The van der Waals surface area contributed by atoms with Crippen LogP contribution in [0.4, 0.5) is 0 Å². The minimum absolute atomic E-state index is 0. The Morgan fingerprint density at radius 1 is 1.33 bits per heavy atom. The van der Waals surface area contributed by atoms with Crippen molar-refractivity contribution in [3.63, 3.8) is 0 Å². The molecule has 132 valence electrons. The molecule has 0 amide bonds. The summed E-state index contributed by atoms with van der Waals surface area (Å²) in [6, 6.07) is 7.99. The number of aliphatic imine (C=N–C) groups is 1. The summed E-state index contributed by atoms with van der Waals surface area (Å²) >= 11 is 0. The molecule has 24 heavy (non-hydrogen) atoms. The van der Waals surface area contributed by atoms with Crippen molar-refractivity contribution in [2.45, 2.75) is 33.4 Å². The topological polar surface area (TPSA) is 84.6 Å². The van der Waals surface area contributed by atoms with Gasteiger partial charge >= 0.3 is 0 Å². The van der Waals surface area contributed by atoms with Crippen LogP contribution in [0, 0.1) is 13.8 Å². The van der Waals surface area contributed by atoms with Crippen molar-refractivity contribution in [1.82, 2.24) is 20.8 Å². The molecule has 0 spiro atoms. The van der Waals surface area contributed by atoms with Crippen LogP contribution in [0.5, 0.6) is 5.75 Å². The summed E-state index contributed by atoms with van der Waals surface area (Å²) in [4.78, 5) is 8.28. The first-order valence-corrected chi connectivity index (χ1v) is 7.54. The predicted molar refractivity (Wildman–Crippen MR) is 104 cm³/mol. The highest BCUT2D eigenvalue weighted by atomic mass is 127. The summed E-state index contributed by atoms with van der Waals surface area (Å²) in [5.41, 5.74) is 1.18. The van der Waals surface area contributed by atoms with Crippen molar-refractivity contribution >= 4 is 29.9 Å². The molecule has 1 unspecified atom stereocenters. The molecule has 0 aliphatic heterocycles. The summed E-state index contributed by atoms with van der Waals surface area (Å²) in [5, 5.41) is 10.1. The Hall–Kier alpha value is -1.84. The van der Waals surface area contributed by atoms with Crippen molar-refractivity contribution in [3.8, 4) is 5.75 Å². The molecular weight excluding hydrogens is 421 g/mol. The van der Waals surface area contributed by atoms with Crippen molar-refractivity contribution in [2.75, 3.05) is 13.6 Å². The van der Waals surface area contributed by atoms with Gasteiger partial charge in [0.15, 0.2) is 11.8 Å². The number of hydrogen-bond donors (Lipinski definition) is 2. The van der Waals surface area contributed by atoms with E-state index in [4.69, 9.17) is 9.26 Å². The van der Waals surface area contributed by atoms with Crippen molar-refractivity contribution < 1.29 is 9.26 Å². The monoisotopic (exact) mass is 445 g/mol. The van der Waals surface area contributed by atoms with E-state index in [1.165, 1.54) is 5.56 Å². The summed E-state index contributed by atoms with van der Waals surface area (Å²) in [7, 11) is 1.71. The number of nitrogens with zero attached hydrogens (tertiary/aromatic N) is 3. The van der Waals surface area contributed by atoms with Gasteiger partial charge in [-0.3, -0.25) is 4.99 Å². The first kappa shape index (κ1) is 20.2. The van der Waals surface area contributed by atoms with Gasteiger partial charge in [-0.2, -0.15) is 4.98 Å². The van der Waals surface area contributed by atoms with Gasteiger partial charge in [0.05, 0.1) is 13.1 Å². The number of rotatable bonds is 6. The van der Waals surface area contributed by atoms with Crippen LogP contribution >= 0.6 is 24.0 Å². The lowest BCUT2D eigenvalue weighted by Crippen LogP contribution is -2.41. The lowest BCUT2D eigenvalue weighted by molar-refractivity contribution is 0.223. The molecule has 0 radical (unpaired) electrons. The van der Waals surface area contributed by atoms with E-state index in [2.05, 4.69) is 25.8 Å². The largest absolute Gasteiger partial charge is 0.489 e. The van der Waals surface area contributed by atoms with Gasteiger partial charge in [-0.15, -0.1) is 24.0 Å². The van der Waals surface area contributed by atoms with Crippen LogP contribution < -0.4 is 15.4 Å². The van der Waals surface area contributed by atoms with Gasteiger partial charge in [-0.25, -0.2) is 0 Å². The normalized spacial score (nSPS) is 12.2. The van der Waals surface area contributed by atoms with Gasteiger partial charge in [0.2, 0.25) is 5.89 Å². The molecule has 2 aromatic rings. The van der Waals surface area contributed by atoms with Gasteiger partial charge in [-0.1, -0.05) is 17.3 Å². The molecule has 7 nitrogen and oxygen atoms in total. The smallest absolute Gasteiger partial charge is 0.246 e. The molecule has 1 heterocycles. The summed E-state index contributed by atoms with van der Waals surface area (Å²) in [6.07, 6.45) is 0.000925. The molecule has 0 bridgehead atoms. The van der Waals surface area contributed by atoms with Crippen LogP contribution in [0.25, 0.3) is 0 Å². The Morgan fingerprint density at radius 2 is 2.12 bits per heavy atom. The second-order valence-corrected chi connectivity index (χ2v) is 5.29. The fourth-order valence-electron chi connectivity index (χ4n) is 1.99. The molecular formula is C16H24IN5O2. The van der Waals surface area contributed by atoms with E-state index in [1.54, 1.807) is 14.0 Å². The minimum Gasteiger partial charge on any atom is -0.489 e. The highest BCUT2D eigenvalue weighted by Gasteiger charge is 2.07. The van der Waals surface area contributed by atoms with E-state index in [-0.39, 0.29) is 30.1 Å². The number of benzene rings is 1. The zero-order chi connectivity index (χ0) is 16.7. The number of ether oxygens (including phenoxy) is 1. The average molecular weight is 445 g/mol. The fraction of sp³-hybridized carbons (Fsp3) is 0.438. The summed E-state index contributed by atoms with van der Waals surface area (Å²) in [6.45, 7) is 6.87. The number of aryl methyl sites for hydroxylation is 2. The number of nitrogens with one attached hydrogen (secondary N) is 2. The zero-order valence-corrected chi connectivity index (χ0v) is 16.7. The Balaban J connectivity index is 0.00000288. The lowest BCUT2D eigenvalue weighted by atomic mass is 10.2. The third-order valence-corrected chi connectivity index (χ3v) is 3.08. The molecule has 8 heteroatoms. The maximum absolute atomic E-state index is 5.87. The van der Waals surface area contributed by atoms with Crippen LogP contribution in [-0.4, -0.2) is 35.8 Å². The van der Waals surface area contributed by atoms with Crippen LogP contribution in [0.2, 0.25) is 0 Å². The summed E-state index contributed by atoms with van der Waals surface area (Å²) < 4.78 is 10.9. The third-order valence-electron chi connectivity index (χ3n) is 3.08. The Morgan fingerprint density at radius 3 is 2.75 bits per heavy atom. The van der Waals surface area contributed by atoms with Gasteiger partial charge in [0, 0.05) is 7.05 Å². The van der Waals surface area contributed by atoms with Gasteiger partial charge in [0.1, 0.15) is 11.9 Å². The van der Waals surface area contributed by atoms with Crippen LogP contribution in [-0.2, 0) is 6.54 Å². The fourth-order valence-corrected chi connectivity index (χ4v) is 1.99. The second kappa shape index (κ2) is 10.1. The Kier molecular flexibility index (Phi) is 8.51. The molecule has 0 fully saturated rings. The van der Waals surface area contributed by atoms with E-state index < -0.39 is 0 Å². The van der Waals surface area contributed by atoms with E-state index in [1.807, 2.05) is 38.1 Å². The first-order valence-electron chi connectivity index (χ1n) is 7.54. The van der Waals surface area contributed by atoms with E-state index in [0.29, 0.717) is 30.8 Å². The number of guanidine groups is 1. The van der Waals surface area contributed by atoms with Crippen molar-refractivity contribution in [3.05, 3.63) is 41.5 Å². The molecule has 2 N–H and O–H groups in total. The molecule has 1 atom stereocenters. The Labute approximate surface area is 159 Å². The quantitative estimate of drug-likeness (QED) is 0.404. The minimum atomic E-state index is 0. The van der Waals surface area contributed by atoms with Gasteiger partial charge in [0.25, 0.3) is 0 Å². The Bertz CT molecular complexity index is 659.